The zero-order chi connectivity index (χ0) is 11.4. The van der Waals surface area contributed by atoms with Crippen LogP contribution < -0.4 is 0 Å². The second kappa shape index (κ2) is 12.0. The van der Waals surface area contributed by atoms with Gasteiger partial charge in [-0.05, 0) is 33.1 Å². The van der Waals surface area contributed by atoms with Crippen molar-refractivity contribution in [2.45, 2.75) is 39.2 Å². The van der Waals surface area contributed by atoms with E-state index in [0.29, 0.717) is 13.2 Å². The molecule has 1 unspecified atom stereocenters. The van der Waals surface area contributed by atoms with Crippen LogP contribution in [0.25, 0.3) is 0 Å². The molecule has 3 heteroatoms. The van der Waals surface area contributed by atoms with Crippen LogP contribution in [0.3, 0.4) is 0 Å². The van der Waals surface area contributed by atoms with Crippen molar-refractivity contribution < 1.29 is 14.2 Å². The normalized spacial score (nSPS) is 13.0. The lowest BCUT2D eigenvalue weighted by Gasteiger charge is -2.12. The second-order valence-electron chi connectivity index (χ2n) is 3.44. The molecule has 91 valence electrons. The molecule has 0 saturated heterocycles. The lowest BCUT2D eigenvalue weighted by molar-refractivity contribution is 0.0183. The Morgan fingerprint density at radius 1 is 1.00 bits per heavy atom. The summed E-state index contributed by atoms with van der Waals surface area (Å²) in [6, 6.07) is 0. The van der Waals surface area contributed by atoms with Crippen LogP contribution in [0.5, 0.6) is 0 Å². The van der Waals surface area contributed by atoms with E-state index in [2.05, 4.69) is 13.8 Å². The predicted octanol–water partition coefficient (Wildman–Crippen LogP) is 2.45. The minimum atomic E-state index is 0.0654. The maximum absolute atomic E-state index is 5.46. The van der Waals surface area contributed by atoms with Crippen molar-refractivity contribution in [2.75, 3.05) is 33.0 Å². The molecule has 15 heavy (non-hydrogen) atoms. The molecule has 0 saturated carbocycles. The fourth-order valence-corrected chi connectivity index (χ4v) is 1.16. The summed E-state index contributed by atoms with van der Waals surface area (Å²) < 4.78 is 16.0. The van der Waals surface area contributed by atoms with Crippen LogP contribution in [0.2, 0.25) is 0 Å². The van der Waals surface area contributed by atoms with Crippen molar-refractivity contribution in [1.29, 1.82) is 0 Å². The molecule has 0 amide bonds. The molecule has 0 heterocycles. The van der Waals surface area contributed by atoms with Gasteiger partial charge in [-0.1, -0.05) is 6.92 Å². The Balaban J connectivity index is 3.08. The lowest BCUT2D eigenvalue weighted by atomic mass is 10.2. The standard InChI is InChI=1S/C12H25O3/c1-4-8-14-9-6-7-12(3)15-11-10-13-5-2/h12H,3-11H2,1-2H3. The van der Waals surface area contributed by atoms with Crippen LogP contribution in [0.4, 0.5) is 0 Å². The third-order valence-corrected chi connectivity index (χ3v) is 1.95. The number of hydrogen-bond donors (Lipinski definition) is 0. The van der Waals surface area contributed by atoms with E-state index in [9.17, 15) is 0 Å². The van der Waals surface area contributed by atoms with E-state index >= 15 is 0 Å². The molecule has 3 nitrogen and oxygen atoms in total. The molecule has 0 bridgehead atoms. The zero-order valence-electron chi connectivity index (χ0n) is 10.2. The van der Waals surface area contributed by atoms with Crippen LogP contribution in [-0.2, 0) is 14.2 Å². The summed E-state index contributed by atoms with van der Waals surface area (Å²) in [4.78, 5) is 0. The van der Waals surface area contributed by atoms with Gasteiger partial charge in [-0.25, -0.2) is 0 Å². The monoisotopic (exact) mass is 217 g/mol. The highest BCUT2D eigenvalue weighted by Crippen LogP contribution is 2.01. The van der Waals surface area contributed by atoms with Gasteiger partial charge in [0.1, 0.15) is 0 Å². The smallest absolute Gasteiger partial charge is 0.0704 e. The molecular weight excluding hydrogens is 192 g/mol. The average Bonchev–Trinajstić information content (AvgIpc) is 2.24. The highest BCUT2D eigenvalue weighted by Gasteiger charge is 2.01. The summed E-state index contributed by atoms with van der Waals surface area (Å²) in [7, 11) is 0. The summed E-state index contributed by atoms with van der Waals surface area (Å²) in [6.07, 6.45) is 3.12. The molecule has 0 aromatic rings. The van der Waals surface area contributed by atoms with E-state index in [1.54, 1.807) is 0 Å². The van der Waals surface area contributed by atoms with Gasteiger partial charge in [0.15, 0.2) is 0 Å². The fourth-order valence-electron chi connectivity index (χ4n) is 1.16. The fraction of sp³-hybridized carbons (Fsp3) is 0.917. The minimum absolute atomic E-state index is 0.0654. The van der Waals surface area contributed by atoms with E-state index in [0.717, 1.165) is 39.1 Å². The summed E-state index contributed by atoms with van der Waals surface area (Å²) >= 11 is 0. The molecule has 0 aliphatic rings. The summed E-state index contributed by atoms with van der Waals surface area (Å²) in [5.74, 6) is 0. The zero-order valence-corrected chi connectivity index (χ0v) is 10.2. The molecule has 0 aromatic carbocycles. The Bertz CT molecular complexity index is 117. The number of hydrogen-bond acceptors (Lipinski definition) is 3. The summed E-state index contributed by atoms with van der Waals surface area (Å²) in [6.45, 7) is 11.7. The Labute approximate surface area is 94.1 Å². The molecule has 1 radical (unpaired) electrons. The van der Waals surface area contributed by atoms with Gasteiger partial charge in [0.05, 0.1) is 19.3 Å². The first-order valence-electron chi connectivity index (χ1n) is 5.91. The Hall–Kier alpha value is -0.120. The molecule has 0 aromatic heterocycles. The molecular formula is C12H25O3. The molecule has 0 rings (SSSR count). The van der Waals surface area contributed by atoms with E-state index in [1.807, 2.05) is 6.92 Å². The second-order valence-corrected chi connectivity index (χ2v) is 3.44. The molecule has 1 atom stereocenters. The Morgan fingerprint density at radius 3 is 2.47 bits per heavy atom. The summed E-state index contributed by atoms with van der Waals surface area (Å²) in [5, 5.41) is 0. The van der Waals surface area contributed by atoms with Crippen molar-refractivity contribution in [3.05, 3.63) is 6.92 Å². The lowest BCUT2D eigenvalue weighted by Crippen LogP contribution is -2.14. The maximum Gasteiger partial charge on any atom is 0.0704 e. The van der Waals surface area contributed by atoms with Gasteiger partial charge in [-0.3, -0.25) is 0 Å². The van der Waals surface area contributed by atoms with Crippen molar-refractivity contribution in [3.63, 3.8) is 0 Å². The van der Waals surface area contributed by atoms with Crippen molar-refractivity contribution in [2.24, 2.45) is 0 Å². The van der Waals surface area contributed by atoms with Crippen LogP contribution in [-0.4, -0.2) is 39.1 Å². The largest absolute Gasteiger partial charge is 0.381 e. The quantitative estimate of drug-likeness (QED) is 0.498. The minimum Gasteiger partial charge on any atom is -0.381 e. The highest BCUT2D eigenvalue weighted by molar-refractivity contribution is 4.59. The molecule has 0 aliphatic heterocycles. The third kappa shape index (κ3) is 11.8. The van der Waals surface area contributed by atoms with Crippen molar-refractivity contribution in [1.82, 2.24) is 0 Å². The van der Waals surface area contributed by atoms with Crippen LogP contribution in [0.1, 0.15) is 33.1 Å². The number of rotatable bonds is 11. The first kappa shape index (κ1) is 14.9. The Kier molecular flexibility index (Phi) is 11.9. The van der Waals surface area contributed by atoms with E-state index in [-0.39, 0.29) is 6.10 Å². The Morgan fingerprint density at radius 2 is 1.80 bits per heavy atom. The molecule has 0 fully saturated rings. The predicted molar refractivity (Wildman–Crippen MR) is 61.9 cm³/mol. The van der Waals surface area contributed by atoms with Crippen LogP contribution >= 0.6 is 0 Å². The van der Waals surface area contributed by atoms with Gasteiger partial charge in [-0.15, -0.1) is 0 Å². The van der Waals surface area contributed by atoms with Crippen LogP contribution in [0.15, 0.2) is 0 Å². The first-order valence-corrected chi connectivity index (χ1v) is 5.91. The maximum atomic E-state index is 5.46. The number of ether oxygens (including phenoxy) is 3. The van der Waals surface area contributed by atoms with E-state index in [4.69, 9.17) is 14.2 Å². The molecule has 0 N–H and O–H groups in total. The van der Waals surface area contributed by atoms with Gasteiger partial charge in [0.2, 0.25) is 0 Å². The van der Waals surface area contributed by atoms with Gasteiger partial charge in [-0.2, -0.15) is 0 Å². The van der Waals surface area contributed by atoms with Crippen LogP contribution in [0, 0.1) is 6.92 Å². The first-order chi connectivity index (χ1) is 7.31. The topological polar surface area (TPSA) is 27.7 Å². The average molecular weight is 217 g/mol. The van der Waals surface area contributed by atoms with E-state index in [1.165, 1.54) is 0 Å². The molecule has 0 spiro atoms. The van der Waals surface area contributed by atoms with Crippen molar-refractivity contribution in [3.8, 4) is 0 Å². The third-order valence-electron chi connectivity index (χ3n) is 1.95. The van der Waals surface area contributed by atoms with Gasteiger partial charge < -0.3 is 14.2 Å². The van der Waals surface area contributed by atoms with Gasteiger partial charge in [0.25, 0.3) is 0 Å². The van der Waals surface area contributed by atoms with Gasteiger partial charge >= 0.3 is 0 Å². The van der Waals surface area contributed by atoms with Crippen molar-refractivity contribution >= 4 is 0 Å². The van der Waals surface area contributed by atoms with Gasteiger partial charge in [0, 0.05) is 19.8 Å². The summed E-state index contributed by atoms with van der Waals surface area (Å²) in [5.41, 5.74) is 0. The van der Waals surface area contributed by atoms with E-state index < -0.39 is 0 Å². The molecule has 0 aliphatic carbocycles. The SMILES string of the molecule is [CH2]C(CCCOCCC)OCCOCC. The highest BCUT2D eigenvalue weighted by atomic mass is 16.5.